The van der Waals surface area contributed by atoms with Crippen molar-refractivity contribution >= 4 is 16.7 Å². The quantitative estimate of drug-likeness (QED) is 0.693. The highest BCUT2D eigenvalue weighted by atomic mass is 19.3. The van der Waals surface area contributed by atoms with Crippen molar-refractivity contribution in [1.29, 1.82) is 0 Å². The van der Waals surface area contributed by atoms with E-state index in [1.54, 1.807) is 19.2 Å². The maximum Gasteiger partial charge on any atom is 0.387 e. The Kier molecular flexibility index (Phi) is 5.34. The van der Waals surface area contributed by atoms with Crippen LogP contribution in [0.3, 0.4) is 0 Å². The Labute approximate surface area is 165 Å². The number of nitrogens with one attached hydrogen (secondary N) is 1. The van der Waals surface area contributed by atoms with Crippen molar-refractivity contribution in [1.82, 2.24) is 24.8 Å². The van der Waals surface area contributed by atoms with Crippen molar-refractivity contribution in [2.45, 2.75) is 20.1 Å². The van der Waals surface area contributed by atoms with Crippen LogP contribution in [0.1, 0.15) is 11.5 Å². The molecule has 1 fully saturated rings. The molecule has 0 unspecified atom stereocenters. The van der Waals surface area contributed by atoms with Crippen LogP contribution in [-0.4, -0.2) is 52.3 Å². The maximum atomic E-state index is 13.4. The molecule has 4 rings (SSSR count). The van der Waals surface area contributed by atoms with Crippen LogP contribution in [0.4, 0.5) is 14.5 Å². The number of ether oxygens (including phenoxy) is 1. The van der Waals surface area contributed by atoms with Gasteiger partial charge in [0.15, 0.2) is 0 Å². The molecule has 1 saturated heterocycles. The molecule has 0 amide bonds. The fourth-order valence-electron chi connectivity index (χ4n) is 3.40. The van der Waals surface area contributed by atoms with E-state index in [2.05, 4.69) is 25.0 Å². The fourth-order valence-corrected chi connectivity index (χ4v) is 3.40. The van der Waals surface area contributed by atoms with E-state index in [-0.39, 0.29) is 23.5 Å². The van der Waals surface area contributed by atoms with Crippen molar-refractivity contribution < 1.29 is 13.5 Å². The number of aromatic nitrogens is 4. The van der Waals surface area contributed by atoms with Gasteiger partial charge in [0.1, 0.15) is 28.6 Å². The van der Waals surface area contributed by atoms with E-state index in [0.29, 0.717) is 35.6 Å². The van der Waals surface area contributed by atoms with E-state index >= 15 is 0 Å². The van der Waals surface area contributed by atoms with E-state index in [1.807, 2.05) is 4.90 Å². The van der Waals surface area contributed by atoms with Gasteiger partial charge >= 0.3 is 6.61 Å². The molecule has 152 valence electrons. The SMILES string of the molecule is Cc1ncc2cc(N3CCNCC3)c(=O)n(Cc3ncccc3OC(F)F)c2n1. The molecular formula is C19H20F2N6O2. The van der Waals surface area contributed by atoms with Gasteiger partial charge in [0.2, 0.25) is 0 Å². The zero-order chi connectivity index (χ0) is 20.4. The zero-order valence-electron chi connectivity index (χ0n) is 15.8. The average Bonchev–Trinajstić information content (AvgIpc) is 2.71. The second kappa shape index (κ2) is 8.08. The van der Waals surface area contributed by atoms with Gasteiger partial charge in [-0.15, -0.1) is 0 Å². The summed E-state index contributed by atoms with van der Waals surface area (Å²) in [5.74, 6) is 0.437. The molecule has 0 radical (unpaired) electrons. The molecule has 1 aliphatic heterocycles. The highest BCUT2D eigenvalue weighted by Gasteiger charge is 2.20. The Morgan fingerprint density at radius 2 is 2.07 bits per heavy atom. The topological polar surface area (TPSA) is 85.2 Å². The summed E-state index contributed by atoms with van der Waals surface area (Å²) in [4.78, 5) is 28.2. The van der Waals surface area contributed by atoms with Crippen LogP contribution in [0, 0.1) is 6.92 Å². The smallest absolute Gasteiger partial charge is 0.387 e. The third kappa shape index (κ3) is 4.02. The molecule has 0 aliphatic carbocycles. The van der Waals surface area contributed by atoms with Gasteiger partial charge in [0, 0.05) is 44.0 Å². The number of fused-ring (bicyclic) bond motifs is 1. The van der Waals surface area contributed by atoms with Gasteiger partial charge in [-0.3, -0.25) is 14.3 Å². The highest BCUT2D eigenvalue weighted by Crippen LogP contribution is 2.22. The van der Waals surface area contributed by atoms with E-state index < -0.39 is 6.61 Å². The molecule has 4 heterocycles. The largest absolute Gasteiger partial charge is 0.433 e. The molecule has 0 spiro atoms. The highest BCUT2D eigenvalue weighted by molar-refractivity contribution is 5.78. The van der Waals surface area contributed by atoms with E-state index in [4.69, 9.17) is 0 Å². The lowest BCUT2D eigenvalue weighted by Gasteiger charge is -2.29. The fraction of sp³-hybridized carbons (Fsp3) is 0.368. The minimum atomic E-state index is -2.98. The molecule has 1 aliphatic rings. The second-order valence-corrected chi connectivity index (χ2v) is 6.68. The third-order valence-corrected chi connectivity index (χ3v) is 4.76. The summed E-state index contributed by atoms with van der Waals surface area (Å²) in [5.41, 5.74) is 0.921. The number of anilines is 1. The van der Waals surface area contributed by atoms with Gasteiger partial charge in [-0.05, 0) is 25.1 Å². The lowest BCUT2D eigenvalue weighted by Crippen LogP contribution is -2.46. The van der Waals surface area contributed by atoms with Crippen LogP contribution in [0.25, 0.3) is 11.0 Å². The predicted molar refractivity (Wildman–Crippen MR) is 104 cm³/mol. The monoisotopic (exact) mass is 402 g/mol. The summed E-state index contributed by atoms with van der Waals surface area (Å²) >= 11 is 0. The van der Waals surface area contributed by atoms with Gasteiger partial charge in [0.05, 0.1) is 6.54 Å². The minimum Gasteiger partial charge on any atom is -0.433 e. The molecule has 0 saturated carbocycles. The zero-order valence-corrected chi connectivity index (χ0v) is 15.8. The average molecular weight is 402 g/mol. The summed E-state index contributed by atoms with van der Waals surface area (Å²) in [6, 6.07) is 4.70. The summed E-state index contributed by atoms with van der Waals surface area (Å²) in [6.45, 7) is 1.62. The van der Waals surface area contributed by atoms with E-state index in [9.17, 15) is 13.6 Å². The Balaban J connectivity index is 1.85. The summed E-state index contributed by atoms with van der Waals surface area (Å²) in [5, 5.41) is 3.95. The number of nitrogens with zero attached hydrogens (tertiary/aromatic N) is 5. The Morgan fingerprint density at radius 1 is 1.28 bits per heavy atom. The molecule has 0 bridgehead atoms. The molecule has 0 atom stereocenters. The van der Waals surface area contributed by atoms with Gasteiger partial charge < -0.3 is 15.0 Å². The van der Waals surface area contributed by atoms with Crippen molar-refractivity contribution in [3.05, 3.63) is 52.5 Å². The second-order valence-electron chi connectivity index (χ2n) is 6.68. The van der Waals surface area contributed by atoms with Crippen LogP contribution in [-0.2, 0) is 6.54 Å². The summed E-state index contributed by atoms with van der Waals surface area (Å²) < 4.78 is 31.6. The molecule has 1 N–H and O–H groups in total. The number of alkyl halides is 2. The van der Waals surface area contributed by atoms with Crippen LogP contribution >= 0.6 is 0 Å². The first kappa shape index (κ1) is 19.2. The van der Waals surface area contributed by atoms with Gasteiger partial charge in [0.25, 0.3) is 5.56 Å². The third-order valence-electron chi connectivity index (χ3n) is 4.76. The first-order chi connectivity index (χ1) is 14.0. The first-order valence-corrected chi connectivity index (χ1v) is 9.24. The van der Waals surface area contributed by atoms with Crippen LogP contribution in [0.2, 0.25) is 0 Å². The molecule has 10 heteroatoms. The standard InChI is InChI=1S/C19H20F2N6O2/c1-12-24-10-13-9-15(26-7-5-22-6-8-26)18(28)27(17(13)25-12)11-14-16(29-19(20)21)3-2-4-23-14/h2-4,9-10,19,22H,5-8,11H2,1H3. The molecule has 29 heavy (non-hydrogen) atoms. The lowest BCUT2D eigenvalue weighted by molar-refractivity contribution is -0.0507. The first-order valence-electron chi connectivity index (χ1n) is 9.24. The van der Waals surface area contributed by atoms with Crippen LogP contribution in [0.15, 0.2) is 35.4 Å². The summed E-state index contributed by atoms with van der Waals surface area (Å²) in [7, 11) is 0. The number of hydrogen-bond acceptors (Lipinski definition) is 7. The number of piperazine rings is 1. The summed E-state index contributed by atoms with van der Waals surface area (Å²) in [6.07, 6.45) is 3.13. The minimum absolute atomic E-state index is 0.0470. The molecule has 3 aromatic rings. The number of rotatable bonds is 5. The molecule has 0 aromatic carbocycles. The number of hydrogen-bond donors (Lipinski definition) is 1. The Bertz CT molecular complexity index is 1080. The van der Waals surface area contributed by atoms with Crippen LogP contribution in [0.5, 0.6) is 5.75 Å². The normalized spacial score (nSPS) is 14.6. The number of pyridine rings is 2. The van der Waals surface area contributed by atoms with E-state index in [0.717, 1.165) is 13.1 Å². The van der Waals surface area contributed by atoms with Gasteiger partial charge in [-0.25, -0.2) is 9.97 Å². The predicted octanol–water partition coefficient (Wildman–Crippen LogP) is 1.55. The van der Waals surface area contributed by atoms with Crippen LogP contribution < -0.4 is 20.5 Å². The van der Waals surface area contributed by atoms with Gasteiger partial charge in [-0.2, -0.15) is 8.78 Å². The molecular weight excluding hydrogens is 382 g/mol. The number of halogens is 2. The molecule has 8 nitrogen and oxygen atoms in total. The maximum absolute atomic E-state index is 13.4. The Morgan fingerprint density at radius 3 is 2.83 bits per heavy atom. The molecule has 3 aromatic heterocycles. The van der Waals surface area contributed by atoms with Crippen molar-refractivity contribution in [2.24, 2.45) is 0 Å². The van der Waals surface area contributed by atoms with Crippen molar-refractivity contribution in [3.8, 4) is 5.75 Å². The number of aryl methyl sites for hydroxylation is 1. The lowest BCUT2D eigenvalue weighted by atomic mass is 10.2. The van der Waals surface area contributed by atoms with Crippen molar-refractivity contribution in [3.63, 3.8) is 0 Å². The van der Waals surface area contributed by atoms with Crippen molar-refractivity contribution in [2.75, 3.05) is 31.1 Å². The Hall–Kier alpha value is -3.14. The van der Waals surface area contributed by atoms with Gasteiger partial charge in [-0.1, -0.05) is 0 Å². The van der Waals surface area contributed by atoms with E-state index in [1.165, 1.54) is 22.9 Å².